The monoisotopic (exact) mass is 310 g/mol. The van der Waals surface area contributed by atoms with E-state index in [1.165, 1.54) is 0 Å². The quantitative estimate of drug-likeness (QED) is 0.919. The van der Waals surface area contributed by atoms with Gasteiger partial charge in [0.2, 0.25) is 0 Å². The SMILES string of the molecule is CCS(=O)(=O)c1ccccc1NC(C)c1nc(C)cs1. The lowest BCUT2D eigenvalue weighted by Crippen LogP contribution is -2.12. The molecule has 0 aliphatic heterocycles. The standard InChI is InChI=1S/C14H18N2O2S2/c1-4-20(17,18)13-8-6-5-7-12(13)16-11(3)14-15-10(2)9-19-14/h5-9,11,16H,4H2,1-3H3. The van der Waals surface area contributed by atoms with Gasteiger partial charge in [0.1, 0.15) is 5.01 Å². The van der Waals surface area contributed by atoms with Crippen molar-refractivity contribution in [1.82, 2.24) is 4.98 Å². The van der Waals surface area contributed by atoms with E-state index in [0.29, 0.717) is 10.6 Å². The number of aryl methyl sites for hydroxylation is 1. The fraction of sp³-hybridized carbons (Fsp3) is 0.357. The highest BCUT2D eigenvalue weighted by Gasteiger charge is 2.18. The second-order valence-corrected chi connectivity index (χ2v) is 7.73. The van der Waals surface area contributed by atoms with Gasteiger partial charge < -0.3 is 5.32 Å². The summed E-state index contributed by atoms with van der Waals surface area (Å²) in [4.78, 5) is 4.77. The Morgan fingerprint density at radius 2 is 2.05 bits per heavy atom. The summed E-state index contributed by atoms with van der Waals surface area (Å²) in [7, 11) is -3.23. The summed E-state index contributed by atoms with van der Waals surface area (Å²) in [6.07, 6.45) is 0. The molecule has 1 atom stereocenters. The lowest BCUT2D eigenvalue weighted by Gasteiger charge is -2.16. The Morgan fingerprint density at radius 1 is 1.35 bits per heavy atom. The van der Waals surface area contributed by atoms with Crippen molar-refractivity contribution in [2.75, 3.05) is 11.1 Å². The normalized spacial score (nSPS) is 13.2. The second kappa shape index (κ2) is 5.93. The number of hydrogen-bond acceptors (Lipinski definition) is 5. The lowest BCUT2D eigenvalue weighted by atomic mass is 10.2. The van der Waals surface area contributed by atoms with Crippen molar-refractivity contribution in [3.63, 3.8) is 0 Å². The van der Waals surface area contributed by atoms with Crippen LogP contribution in [0.4, 0.5) is 5.69 Å². The van der Waals surface area contributed by atoms with Gasteiger partial charge in [0.15, 0.2) is 9.84 Å². The Hall–Kier alpha value is -1.40. The first-order valence-electron chi connectivity index (χ1n) is 6.44. The van der Waals surface area contributed by atoms with Gasteiger partial charge in [-0.25, -0.2) is 13.4 Å². The Labute approximate surface area is 123 Å². The molecule has 0 saturated carbocycles. The van der Waals surface area contributed by atoms with Gasteiger partial charge in [0.25, 0.3) is 0 Å². The molecule has 6 heteroatoms. The first kappa shape index (κ1) is 15.0. The molecule has 20 heavy (non-hydrogen) atoms. The highest BCUT2D eigenvalue weighted by Crippen LogP contribution is 2.27. The summed E-state index contributed by atoms with van der Waals surface area (Å²) in [5, 5.41) is 6.19. The van der Waals surface area contributed by atoms with Crippen LogP contribution in [0.5, 0.6) is 0 Å². The zero-order chi connectivity index (χ0) is 14.8. The molecule has 1 unspecified atom stereocenters. The third-order valence-electron chi connectivity index (χ3n) is 2.98. The Morgan fingerprint density at radius 3 is 2.65 bits per heavy atom. The largest absolute Gasteiger partial charge is 0.375 e. The van der Waals surface area contributed by atoms with Crippen molar-refractivity contribution in [1.29, 1.82) is 0 Å². The Kier molecular flexibility index (Phi) is 4.45. The molecule has 108 valence electrons. The summed E-state index contributed by atoms with van der Waals surface area (Å²) in [5.74, 6) is 0.0937. The van der Waals surface area contributed by atoms with Crippen molar-refractivity contribution in [3.8, 4) is 0 Å². The molecular weight excluding hydrogens is 292 g/mol. The van der Waals surface area contributed by atoms with E-state index < -0.39 is 9.84 Å². The fourth-order valence-corrected chi connectivity index (χ4v) is 3.74. The Balaban J connectivity index is 2.30. The predicted octanol–water partition coefficient (Wildman–Crippen LogP) is 3.42. The number of hydrogen-bond donors (Lipinski definition) is 1. The minimum Gasteiger partial charge on any atom is -0.375 e. The van der Waals surface area contributed by atoms with Crippen LogP contribution in [0.3, 0.4) is 0 Å². The van der Waals surface area contributed by atoms with Crippen LogP contribution in [-0.2, 0) is 9.84 Å². The lowest BCUT2D eigenvalue weighted by molar-refractivity contribution is 0.597. The van der Waals surface area contributed by atoms with E-state index in [1.54, 1.807) is 36.5 Å². The number of nitrogens with zero attached hydrogens (tertiary/aromatic N) is 1. The number of para-hydroxylation sites is 1. The second-order valence-electron chi connectivity index (χ2n) is 4.59. The first-order valence-corrected chi connectivity index (χ1v) is 8.97. The van der Waals surface area contributed by atoms with E-state index in [4.69, 9.17) is 0 Å². The smallest absolute Gasteiger partial charge is 0.180 e. The van der Waals surface area contributed by atoms with Gasteiger partial charge in [-0.1, -0.05) is 19.1 Å². The summed E-state index contributed by atoms with van der Waals surface area (Å²) >= 11 is 1.57. The van der Waals surface area contributed by atoms with Crippen LogP contribution in [-0.4, -0.2) is 19.2 Å². The molecule has 0 bridgehead atoms. The minimum absolute atomic E-state index is 0.0260. The third-order valence-corrected chi connectivity index (χ3v) is 5.91. The summed E-state index contributed by atoms with van der Waals surface area (Å²) in [5.41, 5.74) is 1.61. The summed E-state index contributed by atoms with van der Waals surface area (Å²) < 4.78 is 24.2. The molecule has 1 heterocycles. The maximum absolute atomic E-state index is 12.1. The van der Waals surface area contributed by atoms with Crippen molar-refractivity contribution in [2.45, 2.75) is 31.7 Å². The molecule has 0 saturated heterocycles. The van der Waals surface area contributed by atoms with Crippen molar-refractivity contribution in [2.24, 2.45) is 0 Å². The number of rotatable bonds is 5. The van der Waals surface area contributed by atoms with Gasteiger partial charge in [0, 0.05) is 11.1 Å². The zero-order valence-electron chi connectivity index (χ0n) is 11.8. The number of anilines is 1. The third kappa shape index (κ3) is 3.19. The van der Waals surface area contributed by atoms with E-state index in [-0.39, 0.29) is 11.8 Å². The van der Waals surface area contributed by atoms with E-state index in [9.17, 15) is 8.42 Å². The first-order chi connectivity index (χ1) is 9.44. The predicted molar refractivity (Wildman–Crippen MR) is 83.1 cm³/mol. The minimum atomic E-state index is -3.23. The molecule has 1 aromatic heterocycles. The number of aromatic nitrogens is 1. The molecule has 2 aromatic rings. The van der Waals surface area contributed by atoms with Crippen LogP contribution in [0.1, 0.15) is 30.6 Å². The van der Waals surface area contributed by atoms with Gasteiger partial charge in [0.05, 0.1) is 22.4 Å². The van der Waals surface area contributed by atoms with Crippen molar-refractivity contribution >= 4 is 26.9 Å². The number of thiazole rings is 1. The summed E-state index contributed by atoms with van der Waals surface area (Å²) in [6, 6.07) is 6.98. The highest BCUT2D eigenvalue weighted by atomic mass is 32.2. The van der Waals surface area contributed by atoms with E-state index in [1.807, 2.05) is 25.3 Å². The van der Waals surface area contributed by atoms with Crippen LogP contribution in [0.15, 0.2) is 34.5 Å². The summed E-state index contributed by atoms with van der Waals surface area (Å²) in [6.45, 7) is 5.58. The molecule has 1 N–H and O–H groups in total. The number of benzene rings is 1. The van der Waals surface area contributed by atoms with Crippen LogP contribution >= 0.6 is 11.3 Å². The molecule has 1 aromatic carbocycles. The van der Waals surface area contributed by atoms with Crippen molar-refractivity contribution < 1.29 is 8.42 Å². The van der Waals surface area contributed by atoms with Gasteiger partial charge in [-0.05, 0) is 26.0 Å². The van der Waals surface area contributed by atoms with Crippen LogP contribution < -0.4 is 5.32 Å². The van der Waals surface area contributed by atoms with Crippen LogP contribution in [0, 0.1) is 6.92 Å². The highest BCUT2D eigenvalue weighted by molar-refractivity contribution is 7.91. The molecule has 2 rings (SSSR count). The van der Waals surface area contributed by atoms with Gasteiger partial charge in [-0.3, -0.25) is 0 Å². The maximum atomic E-state index is 12.1. The average Bonchev–Trinajstić information content (AvgIpc) is 2.86. The number of nitrogens with one attached hydrogen (secondary N) is 1. The van der Waals surface area contributed by atoms with Crippen molar-refractivity contribution in [3.05, 3.63) is 40.3 Å². The topological polar surface area (TPSA) is 59.1 Å². The van der Waals surface area contributed by atoms with E-state index in [2.05, 4.69) is 10.3 Å². The van der Waals surface area contributed by atoms with E-state index >= 15 is 0 Å². The Bertz CT molecular complexity index is 693. The molecule has 0 radical (unpaired) electrons. The van der Waals surface area contributed by atoms with Gasteiger partial charge in [-0.15, -0.1) is 11.3 Å². The molecule has 0 spiro atoms. The molecule has 0 aliphatic rings. The van der Waals surface area contributed by atoms with Crippen LogP contribution in [0.25, 0.3) is 0 Å². The zero-order valence-corrected chi connectivity index (χ0v) is 13.4. The molecule has 0 fully saturated rings. The molecule has 0 amide bonds. The van der Waals surface area contributed by atoms with Crippen LogP contribution in [0.2, 0.25) is 0 Å². The average molecular weight is 310 g/mol. The maximum Gasteiger partial charge on any atom is 0.180 e. The molecular formula is C14H18N2O2S2. The van der Waals surface area contributed by atoms with E-state index in [0.717, 1.165) is 10.7 Å². The van der Waals surface area contributed by atoms with Gasteiger partial charge in [-0.2, -0.15) is 0 Å². The molecule has 4 nitrogen and oxygen atoms in total. The van der Waals surface area contributed by atoms with Gasteiger partial charge >= 0.3 is 0 Å². The molecule has 0 aliphatic carbocycles. The number of sulfone groups is 1. The fourth-order valence-electron chi connectivity index (χ4n) is 1.88.